The Morgan fingerprint density at radius 2 is 1.76 bits per heavy atom. The lowest BCUT2D eigenvalue weighted by Crippen LogP contribution is -2.47. The highest BCUT2D eigenvalue weighted by Crippen LogP contribution is 2.20. The van der Waals surface area contributed by atoms with Crippen LogP contribution in [0, 0.1) is 0 Å². The molecule has 3 nitrogen and oxygen atoms in total. The van der Waals surface area contributed by atoms with E-state index in [1.807, 2.05) is 7.05 Å². The Kier molecular flexibility index (Phi) is 4.86. The summed E-state index contributed by atoms with van der Waals surface area (Å²) in [7, 11) is 1.96. The van der Waals surface area contributed by atoms with Crippen molar-refractivity contribution in [3.63, 3.8) is 0 Å². The zero-order valence-corrected chi connectivity index (χ0v) is 11.2. The maximum Gasteiger partial charge on any atom is 0.0375 e. The molecule has 0 bridgehead atoms. The molecule has 0 unspecified atom stereocenters. The van der Waals surface area contributed by atoms with Crippen LogP contribution in [0.15, 0.2) is 12.3 Å². The van der Waals surface area contributed by atoms with E-state index in [-0.39, 0.29) is 0 Å². The fraction of sp³-hybridized carbons (Fsp3) is 0.857. The van der Waals surface area contributed by atoms with Gasteiger partial charge < -0.3 is 10.2 Å². The van der Waals surface area contributed by atoms with Crippen molar-refractivity contribution < 1.29 is 0 Å². The highest BCUT2D eigenvalue weighted by Gasteiger charge is 2.25. The van der Waals surface area contributed by atoms with Crippen LogP contribution in [0.1, 0.15) is 32.1 Å². The first-order valence-electron chi connectivity index (χ1n) is 7.11. The van der Waals surface area contributed by atoms with Gasteiger partial charge in [-0.1, -0.05) is 13.0 Å². The van der Waals surface area contributed by atoms with Crippen LogP contribution in [0.2, 0.25) is 0 Å². The summed E-state index contributed by atoms with van der Waals surface area (Å²) < 4.78 is 0. The van der Waals surface area contributed by atoms with Gasteiger partial charge in [0.05, 0.1) is 0 Å². The van der Waals surface area contributed by atoms with Gasteiger partial charge in [-0.15, -0.1) is 0 Å². The fourth-order valence-corrected chi connectivity index (χ4v) is 3.08. The number of hydrogen-bond donors (Lipinski definition) is 1. The number of nitrogens with zero attached hydrogens (tertiary/aromatic N) is 2. The predicted molar refractivity (Wildman–Crippen MR) is 73.1 cm³/mol. The van der Waals surface area contributed by atoms with Crippen LogP contribution in [0.4, 0.5) is 0 Å². The molecule has 2 fully saturated rings. The van der Waals surface area contributed by atoms with Crippen molar-refractivity contribution in [1.82, 2.24) is 15.1 Å². The number of piperidine rings is 2. The molecular weight excluding hydrogens is 210 g/mol. The van der Waals surface area contributed by atoms with Gasteiger partial charge in [-0.3, -0.25) is 4.90 Å². The molecule has 2 aliphatic heterocycles. The van der Waals surface area contributed by atoms with Crippen molar-refractivity contribution in [2.24, 2.45) is 0 Å². The fourth-order valence-electron chi connectivity index (χ4n) is 3.08. The first kappa shape index (κ1) is 12.9. The van der Waals surface area contributed by atoms with Crippen LogP contribution in [-0.2, 0) is 0 Å². The maximum atomic E-state index is 4.01. The van der Waals surface area contributed by atoms with Crippen LogP contribution in [0.3, 0.4) is 0 Å². The molecule has 2 rings (SSSR count). The summed E-state index contributed by atoms with van der Waals surface area (Å²) in [6, 6.07) is 0.856. The molecular formula is C14H27N3. The van der Waals surface area contributed by atoms with E-state index in [4.69, 9.17) is 0 Å². The van der Waals surface area contributed by atoms with E-state index in [2.05, 4.69) is 21.7 Å². The highest BCUT2D eigenvalue weighted by atomic mass is 15.2. The largest absolute Gasteiger partial charge is 0.391 e. The van der Waals surface area contributed by atoms with E-state index < -0.39 is 0 Å². The van der Waals surface area contributed by atoms with Gasteiger partial charge in [-0.25, -0.2) is 0 Å². The van der Waals surface area contributed by atoms with Gasteiger partial charge in [0.25, 0.3) is 0 Å². The number of hydrogen-bond acceptors (Lipinski definition) is 3. The first-order chi connectivity index (χ1) is 8.29. The van der Waals surface area contributed by atoms with E-state index in [9.17, 15) is 0 Å². The second-order valence-corrected chi connectivity index (χ2v) is 5.46. The van der Waals surface area contributed by atoms with E-state index in [0.29, 0.717) is 0 Å². The minimum absolute atomic E-state index is 0.856. The molecule has 2 saturated heterocycles. The molecule has 17 heavy (non-hydrogen) atoms. The summed E-state index contributed by atoms with van der Waals surface area (Å²) >= 11 is 0. The Labute approximate surface area is 106 Å². The molecule has 2 heterocycles. The Hall–Kier alpha value is -0.540. The van der Waals surface area contributed by atoms with Crippen molar-refractivity contribution in [2.45, 2.75) is 38.1 Å². The van der Waals surface area contributed by atoms with Crippen LogP contribution < -0.4 is 5.32 Å². The molecule has 98 valence electrons. The third-order valence-corrected chi connectivity index (χ3v) is 4.23. The van der Waals surface area contributed by atoms with Gasteiger partial charge >= 0.3 is 0 Å². The standard InChI is InChI=1S/C14H27N3/c1-13(15-2)12-16-10-6-14(7-11-16)17-8-4-3-5-9-17/h14-15H,1,3-12H2,2H3. The molecule has 1 N–H and O–H groups in total. The van der Waals surface area contributed by atoms with Crippen molar-refractivity contribution in [1.29, 1.82) is 0 Å². The number of likely N-dealkylation sites (tertiary alicyclic amines) is 2. The zero-order chi connectivity index (χ0) is 12.1. The number of likely N-dealkylation sites (N-methyl/N-ethyl adjacent to an activating group) is 1. The molecule has 0 atom stereocenters. The van der Waals surface area contributed by atoms with Crippen LogP contribution >= 0.6 is 0 Å². The van der Waals surface area contributed by atoms with Crippen LogP contribution in [-0.4, -0.2) is 55.6 Å². The van der Waals surface area contributed by atoms with E-state index >= 15 is 0 Å². The summed E-state index contributed by atoms with van der Waals surface area (Å²) in [5.41, 5.74) is 1.14. The third-order valence-electron chi connectivity index (χ3n) is 4.23. The Balaban J connectivity index is 1.71. The number of rotatable bonds is 4. The Morgan fingerprint density at radius 1 is 1.12 bits per heavy atom. The molecule has 0 aromatic carbocycles. The molecule has 0 aromatic heterocycles. The topological polar surface area (TPSA) is 18.5 Å². The summed E-state index contributed by atoms with van der Waals surface area (Å²) in [4.78, 5) is 5.26. The molecule has 0 aliphatic carbocycles. The summed E-state index contributed by atoms with van der Waals surface area (Å²) in [6.45, 7) is 10.2. The van der Waals surface area contributed by atoms with Gasteiger partial charge in [-0.2, -0.15) is 0 Å². The molecule has 2 aliphatic rings. The minimum Gasteiger partial charge on any atom is -0.391 e. The summed E-state index contributed by atoms with van der Waals surface area (Å²) in [5.74, 6) is 0. The first-order valence-corrected chi connectivity index (χ1v) is 7.11. The summed E-state index contributed by atoms with van der Waals surface area (Å²) in [5, 5.41) is 3.14. The van der Waals surface area contributed by atoms with Crippen molar-refractivity contribution in [3.8, 4) is 0 Å². The minimum atomic E-state index is 0.856. The van der Waals surface area contributed by atoms with E-state index in [0.717, 1.165) is 18.3 Å². The average molecular weight is 237 g/mol. The quantitative estimate of drug-likeness (QED) is 0.802. The van der Waals surface area contributed by atoms with Gasteiger partial charge in [0.15, 0.2) is 0 Å². The molecule has 0 saturated carbocycles. The Bertz CT molecular complexity index is 238. The molecule has 0 amide bonds. The molecule has 0 radical (unpaired) electrons. The zero-order valence-electron chi connectivity index (χ0n) is 11.2. The SMILES string of the molecule is C=C(CN1CCC(N2CCCCC2)CC1)NC. The monoisotopic (exact) mass is 237 g/mol. The normalized spacial score (nSPS) is 24.8. The van der Waals surface area contributed by atoms with Gasteiger partial charge in [0, 0.05) is 38.4 Å². The third kappa shape index (κ3) is 3.71. The highest BCUT2D eigenvalue weighted by molar-refractivity contribution is 4.94. The lowest BCUT2D eigenvalue weighted by Gasteiger charge is -2.40. The van der Waals surface area contributed by atoms with Crippen LogP contribution in [0.25, 0.3) is 0 Å². The van der Waals surface area contributed by atoms with E-state index in [1.165, 1.54) is 58.3 Å². The lowest BCUT2D eigenvalue weighted by molar-refractivity contribution is 0.0959. The number of nitrogens with one attached hydrogen (secondary N) is 1. The predicted octanol–water partition coefficient (Wildman–Crippen LogP) is 1.67. The van der Waals surface area contributed by atoms with Gasteiger partial charge in [0.2, 0.25) is 0 Å². The summed E-state index contributed by atoms with van der Waals surface area (Å²) in [6.07, 6.45) is 6.96. The van der Waals surface area contributed by atoms with Gasteiger partial charge in [-0.05, 0) is 38.8 Å². The van der Waals surface area contributed by atoms with Crippen molar-refractivity contribution in [3.05, 3.63) is 12.3 Å². The van der Waals surface area contributed by atoms with Crippen molar-refractivity contribution >= 4 is 0 Å². The molecule has 3 heteroatoms. The molecule has 0 spiro atoms. The average Bonchev–Trinajstić information content (AvgIpc) is 2.40. The smallest absolute Gasteiger partial charge is 0.0375 e. The maximum absolute atomic E-state index is 4.01. The second-order valence-electron chi connectivity index (χ2n) is 5.46. The lowest BCUT2D eigenvalue weighted by atomic mass is 10.00. The van der Waals surface area contributed by atoms with Gasteiger partial charge in [0.1, 0.15) is 0 Å². The van der Waals surface area contributed by atoms with E-state index in [1.54, 1.807) is 0 Å². The molecule has 0 aromatic rings. The Morgan fingerprint density at radius 3 is 2.35 bits per heavy atom. The second kappa shape index (κ2) is 6.41. The van der Waals surface area contributed by atoms with Crippen molar-refractivity contribution in [2.75, 3.05) is 39.8 Å². The van der Waals surface area contributed by atoms with Crippen LogP contribution in [0.5, 0.6) is 0 Å².